The molecule has 1 amide bonds. The predicted octanol–water partition coefficient (Wildman–Crippen LogP) is 4.71. The Kier molecular flexibility index (Phi) is 5.08. The quantitative estimate of drug-likeness (QED) is 0.322. The van der Waals surface area contributed by atoms with E-state index >= 15 is 0 Å². The van der Waals surface area contributed by atoms with Crippen molar-refractivity contribution in [2.24, 2.45) is 5.92 Å². The highest BCUT2D eigenvalue weighted by Crippen LogP contribution is 2.40. The second-order valence-electron chi connectivity index (χ2n) is 8.04. The van der Waals surface area contributed by atoms with Gasteiger partial charge in [0.2, 0.25) is 11.7 Å². The van der Waals surface area contributed by atoms with Gasteiger partial charge in [-0.25, -0.2) is 4.68 Å². The minimum Gasteiger partial charge on any atom is -0.325 e. The molecule has 6 nitrogen and oxygen atoms in total. The van der Waals surface area contributed by atoms with Crippen molar-refractivity contribution in [1.29, 1.82) is 5.26 Å². The molecule has 0 spiro atoms. The Morgan fingerprint density at radius 3 is 2.42 bits per heavy atom. The van der Waals surface area contributed by atoms with Gasteiger partial charge >= 0.3 is 0 Å². The fourth-order valence-electron chi connectivity index (χ4n) is 4.17. The standard InChI is InChI=1S/C27H20N4O2/c1-17-11-13-20(14-12-17)31-25-21-10-6-5-7-18(21)15-22(25)24(30-31)26(32)23(16-28)27(33)29-19-8-3-2-4-9-19/h2-14,23H,15H2,1H3,(H,29,33). The van der Waals surface area contributed by atoms with Crippen LogP contribution in [0.4, 0.5) is 5.69 Å². The normalized spacial score (nSPS) is 12.4. The van der Waals surface area contributed by atoms with Gasteiger partial charge in [0.1, 0.15) is 5.69 Å². The van der Waals surface area contributed by atoms with Crippen LogP contribution in [0.1, 0.15) is 27.2 Å². The van der Waals surface area contributed by atoms with Gasteiger partial charge < -0.3 is 5.32 Å². The average molecular weight is 432 g/mol. The lowest BCUT2D eigenvalue weighted by atomic mass is 9.98. The van der Waals surface area contributed by atoms with E-state index in [1.54, 1.807) is 28.9 Å². The van der Waals surface area contributed by atoms with Crippen LogP contribution in [-0.4, -0.2) is 21.5 Å². The van der Waals surface area contributed by atoms with Crippen molar-refractivity contribution in [2.75, 3.05) is 5.32 Å². The first-order valence-corrected chi connectivity index (χ1v) is 10.6. The maximum absolute atomic E-state index is 13.5. The number of benzene rings is 3. The number of anilines is 1. The van der Waals surface area contributed by atoms with Crippen molar-refractivity contribution in [2.45, 2.75) is 13.3 Å². The second-order valence-corrected chi connectivity index (χ2v) is 8.04. The van der Waals surface area contributed by atoms with Crippen molar-refractivity contribution < 1.29 is 9.59 Å². The van der Waals surface area contributed by atoms with Crippen molar-refractivity contribution in [3.8, 4) is 23.0 Å². The maximum atomic E-state index is 13.5. The molecule has 0 saturated carbocycles. The highest BCUT2D eigenvalue weighted by atomic mass is 16.2. The summed E-state index contributed by atoms with van der Waals surface area (Å²) >= 11 is 0. The van der Waals surface area contributed by atoms with E-state index in [1.807, 2.05) is 67.6 Å². The fourth-order valence-corrected chi connectivity index (χ4v) is 4.17. The summed E-state index contributed by atoms with van der Waals surface area (Å²) in [6, 6.07) is 26.4. The summed E-state index contributed by atoms with van der Waals surface area (Å²) in [6.07, 6.45) is 0.525. The van der Waals surface area contributed by atoms with Gasteiger partial charge in [-0.15, -0.1) is 0 Å². The van der Waals surface area contributed by atoms with Gasteiger partial charge in [-0.05, 0) is 36.8 Å². The number of hydrogen-bond acceptors (Lipinski definition) is 4. The summed E-state index contributed by atoms with van der Waals surface area (Å²) in [5, 5.41) is 17.0. The van der Waals surface area contributed by atoms with E-state index < -0.39 is 17.6 Å². The summed E-state index contributed by atoms with van der Waals surface area (Å²) in [4.78, 5) is 26.3. The van der Waals surface area contributed by atoms with Crippen LogP contribution >= 0.6 is 0 Å². The SMILES string of the molecule is Cc1ccc(-n2nc(C(=O)C(C#N)C(=O)Nc3ccccc3)c3c2-c2ccccc2C3)cc1. The minimum atomic E-state index is -1.50. The zero-order valence-corrected chi connectivity index (χ0v) is 17.9. The van der Waals surface area contributed by atoms with Crippen molar-refractivity contribution >= 4 is 17.4 Å². The number of hydrogen-bond donors (Lipinski definition) is 1. The Balaban J connectivity index is 1.57. The molecular formula is C27H20N4O2. The minimum absolute atomic E-state index is 0.163. The third-order valence-corrected chi connectivity index (χ3v) is 5.83. The molecule has 0 aliphatic heterocycles. The Labute approximate surface area is 191 Å². The lowest BCUT2D eigenvalue weighted by molar-refractivity contribution is -0.117. The lowest BCUT2D eigenvalue weighted by Crippen LogP contribution is -2.29. The second kappa shape index (κ2) is 8.21. The van der Waals surface area contributed by atoms with E-state index in [0.29, 0.717) is 12.1 Å². The molecule has 1 aliphatic rings. The number of Topliss-reactive ketones (excluding diaryl/α,β-unsaturated/α-hetero) is 1. The molecule has 1 aliphatic carbocycles. The summed E-state index contributed by atoms with van der Waals surface area (Å²) in [5.74, 6) is -2.76. The number of ketones is 1. The molecule has 6 heteroatoms. The number of carbonyl (C=O) groups is 2. The molecule has 1 aromatic heterocycles. The fraction of sp³-hybridized carbons (Fsp3) is 0.111. The Hall–Kier alpha value is -4.50. The number of carbonyl (C=O) groups excluding carboxylic acids is 2. The first-order chi connectivity index (χ1) is 16.1. The van der Waals surface area contributed by atoms with Gasteiger partial charge in [0.05, 0.1) is 17.5 Å². The highest BCUT2D eigenvalue weighted by Gasteiger charge is 2.36. The first-order valence-electron chi connectivity index (χ1n) is 10.6. The largest absolute Gasteiger partial charge is 0.325 e. The predicted molar refractivity (Wildman–Crippen MR) is 125 cm³/mol. The van der Waals surface area contributed by atoms with E-state index in [9.17, 15) is 14.9 Å². The van der Waals surface area contributed by atoms with E-state index in [2.05, 4.69) is 10.4 Å². The van der Waals surface area contributed by atoms with Crippen LogP contribution < -0.4 is 5.32 Å². The lowest BCUT2D eigenvalue weighted by Gasteiger charge is -2.09. The van der Waals surface area contributed by atoms with Crippen molar-refractivity contribution in [3.05, 3.63) is 101 Å². The van der Waals surface area contributed by atoms with Crippen LogP contribution in [0, 0.1) is 24.2 Å². The van der Waals surface area contributed by atoms with Crippen LogP contribution in [0.25, 0.3) is 16.9 Å². The maximum Gasteiger partial charge on any atom is 0.249 e. The van der Waals surface area contributed by atoms with Crippen molar-refractivity contribution in [3.63, 3.8) is 0 Å². The van der Waals surface area contributed by atoms with Gasteiger partial charge in [-0.1, -0.05) is 60.2 Å². The van der Waals surface area contributed by atoms with Crippen LogP contribution in [0.15, 0.2) is 78.9 Å². The summed E-state index contributed by atoms with van der Waals surface area (Å²) in [5.41, 5.74) is 6.28. The Bertz CT molecular complexity index is 1410. The number of fused-ring (bicyclic) bond motifs is 3. The summed E-state index contributed by atoms with van der Waals surface area (Å²) < 4.78 is 1.75. The monoisotopic (exact) mass is 432 g/mol. The van der Waals surface area contributed by atoms with Gasteiger partial charge in [0.25, 0.3) is 0 Å². The molecule has 1 atom stereocenters. The zero-order chi connectivity index (χ0) is 22.9. The van der Waals surface area contributed by atoms with Crippen molar-refractivity contribution in [1.82, 2.24) is 9.78 Å². The molecule has 4 aromatic rings. The summed E-state index contributed by atoms with van der Waals surface area (Å²) in [6.45, 7) is 2.00. The number of amides is 1. The van der Waals surface area contributed by atoms with Crippen LogP contribution in [0.5, 0.6) is 0 Å². The van der Waals surface area contributed by atoms with Crippen LogP contribution in [0.3, 0.4) is 0 Å². The molecular weight excluding hydrogens is 412 g/mol. The van der Waals surface area contributed by atoms with Crippen LogP contribution in [0.2, 0.25) is 0 Å². The number of aromatic nitrogens is 2. The molecule has 0 bridgehead atoms. The number of para-hydroxylation sites is 1. The number of nitriles is 1. The molecule has 0 saturated heterocycles. The number of nitrogens with one attached hydrogen (secondary N) is 1. The molecule has 1 heterocycles. The molecule has 0 radical (unpaired) electrons. The highest BCUT2D eigenvalue weighted by molar-refractivity contribution is 6.16. The molecule has 160 valence electrons. The van der Waals surface area contributed by atoms with Gasteiger partial charge in [0.15, 0.2) is 5.92 Å². The molecule has 1 N–H and O–H groups in total. The van der Waals surface area contributed by atoms with Gasteiger partial charge in [0, 0.05) is 23.2 Å². The van der Waals surface area contributed by atoms with E-state index in [4.69, 9.17) is 0 Å². The Morgan fingerprint density at radius 2 is 1.70 bits per heavy atom. The summed E-state index contributed by atoms with van der Waals surface area (Å²) in [7, 11) is 0. The first kappa shape index (κ1) is 20.4. The number of aryl methyl sites for hydroxylation is 1. The van der Waals surface area contributed by atoms with E-state index in [1.165, 1.54) is 0 Å². The number of nitrogens with zero attached hydrogens (tertiary/aromatic N) is 3. The molecule has 1 unspecified atom stereocenters. The molecule has 5 rings (SSSR count). The van der Waals surface area contributed by atoms with Gasteiger partial charge in [-0.2, -0.15) is 10.4 Å². The molecule has 3 aromatic carbocycles. The van der Waals surface area contributed by atoms with Gasteiger partial charge in [-0.3, -0.25) is 9.59 Å². The van der Waals surface area contributed by atoms with E-state index in [0.717, 1.165) is 33.6 Å². The number of rotatable bonds is 5. The average Bonchev–Trinajstić information content (AvgIpc) is 3.38. The Morgan fingerprint density at radius 1 is 1.00 bits per heavy atom. The molecule has 33 heavy (non-hydrogen) atoms. The zero-order valence-electron chi connectivity index (χ0n) is 17.9. The molecule has 0 fully saturated rings. The third kappa shape index (κ3) is 3.60. The third-order valence-electron chi connectivity index (χ3n) is 5.83. The topological polar surface area (TPSA) is 87.8 Å². The van der Waals surface area contributed by atoms with E-state index in [-0.39, 0.29) is 5.69 Å². The smallest absolute Gasteiger partial charge is 0.249 e. The van der Waals surface area contributed by atoms with Crippen LogP contribution in [-0.2, 0) is 11.2 Å².